The van der Waals surface area contributed by atoms with E-state index in [2.05, 4.69) is 5.32 Å². The van der Waals surface area contributed by atoms with E-state index >= 15 is 0 Å². The summed E-state index contributed by atoms with van der Waals surface area (Å²) in [4.78, 5) is 0. The summed E-state index contributed by atoms with van der Waals surface area (Å²) in [5, 5.41) is 2.89. The molecule has 1 aliphatic rings. The molecule has 0 spiro atoms. The predicted octanol–water partition coefficient (Wildman–Crippen LogP) is 2.91. The molecule has 8 heteroatoms. The van der Waals surface area contributed by atoms with Gasteiger partial charge in [0.05, 0.1) is 5.56 Å². The highest BCUT2D eigenvalue weighted by Gasteiger charge is 2.32. The van der Waals surface area contributed by atoms with Crippen LogP contribution in [0, 0.1) is 0 Å². The fourth-order valence-corrected chi connectivity index (χ4v) is 1.62. The molecule has 0 saturated heterocycles. The Morgan fingerprint density at radius 3 is 2.53 bits per heavy atom. The van der Waals surface area contributed by atoms with Gasteiger partial charge in [-0.2, -0.15) is 13.2 Å². The molecule has 1 N–H and O–H groups in total. The highest BCUT2D eigenvalue weighted by Crippen LogP contribution is 2.38. The number of alkyl halides is 3. The first-order valence-corrected chi connectivity index (χ1v) is 5.16. The Hall–Kier alpha value is -0.850. The van der Waals surface area contributed by atoms with Crippen LogP contribution in [0.3, 0.4) is 0 Å². The number of fused-ring (bicyclic) bond motifs is 1. The van der Waals surface area contributed by atoms with Crippen LogP contribution in [0.5, 0.6) is 11.5 Å². The molecule has 3 nitrogen and oxygen atoms in total. The summed E-state index contributed by atoms with van der Waals surface area (Å²) in [6.45, 7) is 0.856. The molecule has 1 aromatic carbocycles. The minimum absolute atomic E-state index is 0. The van der Waals surface area contributed by atoms with Crippen molar-refractivity contribution in [2.45, 2.75) is 12.3 Å². The number of benzene rings is 1. The van der Waals surface area contributed by atoms with Crippen molar-refractivity contribution >= 4 is 24.8 Å². The Morgan fingerprint density at radius 1 is 1.26 bits per heavy atom. The average molecular weight is 320 g/mol. The summed E-state index contributed by atoms with van der Waals surface area (Å²) >= 11 is 0. The summed E-state index contributed by atoms with van der Waals surface area (Å²) in [6.07, 6.45) is -4.63. The molecule has 0 saturated carbocycles. The molecule has 0 radical (unpaired) electrons. The number of hydrogen-bond donors (Lipinski definition) is 1. The molecule has 1 atom stereocenters. The van der Waals surface area contributed by atoms with Crippen LogP contribution in [0.25, 0.3) is 0 Å². The quantitative estimate of drug-likeness (QED) is 0.909. The van der Waals surface area contributed by atoms with Crippen molar-refractivity contribution in [2.75, 3.05) is 20.2 Å². The van der Waals surface area contributed by atoms with Crippen LogP contribution in [0.1, 0.15) is 5.56 Å². The van der Waals surface area contributed by atoms with Gasteiger partial charge in [-0.05, 0) is 25.2 Å². The standard InChI is InChI=1S/C11H12F3NO2.2ClH/c1-15-5-8-6-16-9-3-2-7(11(12,13)14)4-10(9)17-8;;/h2-4,8,15H,5-6H2,1H3;2*1H. The summed E-state index contributed by atoms with van der Waals surface area (Å²) in [5.41, 5.74) is -0.732. The van der Waals surface area contributed by atoms with Crippen LogP contribution >= 0.6 is 24.8 Å². The normalized spacial score (nSPS) is 17.2. The number of likely N-dealkylation sites (N-methyl/N-ethyl adjacent to an activating group) is 1. The van der Waals surface area contributed by atoms with E-state index in [4.69, 9.17) is 9.47 Å². The van der Waals surface area contributed by atoms with Crippen molar-refractivity contribution in [3.8, 4) is 11.5 Å². The van der Waals surface area contributed by atoms with Gasteiger partial charge >= 0.3 is 6.18 Å². The second-order valence-electron chi connectivity index (χ2n) is 3.77. The summed E-state index contributed by atoms with van der Waals surface area (Å²) < 4.78 is 48.2. The third-order valence-corrected chi connectivity index (χ3v) is 2.42. The molecular weight excluding hydrogens is 306 g/mol. The SMILES string of the molecule is CNCC1COc2ccc(C(F)(F)F)cc2O1.Cl.Cl. The highest BCUT2D eigenvalue weighted by molar-refractivity contribution is 5.85. The van der Waals surface area contributed by atoms with Gasteiger partial charge < -0.3 is 14.8 Å². The van der Waals surface area contributed by atoms with E-state index in [1.165, 1.54) is 6.07 Å². The van der Waals surface area contributed by atoms with Gasteiger partial charge in [-0.3, -0.25) is 0 Å². The summed E-state index contributed by atoms with van der Waals surface area (Å²) in [7, 11) is 1.74. The maximum absolute atomic E-state index is 12.5. The van der Waals surface area contributed by atoms with E-state index in [1.807, 2.05) is 0 Å². The number of halogens is 5. The van der Waals surface area contributed by atoms with Gasteiger partial charge in [0.15, 0.2) is 11.5 Å². The van der Waals surface area contributed by atoms with E-state index in [0.717, 1.165) is 12.1 Å². The lowest BCUT2D eigenvalue weighted by Gasteiger charge is -2.26. The van der Waals surface area contributed by atoms with Crippen LogP contribution in [0.15, 0.2) is 18.2 Å². The first-order chi connectivity index (χ1) is 8.00. The third kappa shape index (κ3) is 4.33. The van der Waals surface area contributed by atoms with E-state index in [9.17, 15) is 13.2 Å². The Kier molecular flexibility index (Phi) is 6.76. The highest BCUT2D eigenvalue weighted by atomic mass is 35.5. The predicted molar refractivity (Wildman–Crippen MR) is 69.8 cm³/mol. The van der Waals surface area contributed by atoms with Crippen LogP contribution in [-0.4, -0.2) is 26.3 Å². The maximum atomic E-state index is 12.5. The first-order valence-electron chi connectivity index (χ1n) is 5.16. The van der Waals surface area contributed by atoms with E-state index in [-0.39, 0.29) is 36.7 Å². The minimum Gasteiger partial charge on any atom is -0.486 e. The zero-order valence-electron chi connectivity index (χ0n) is 9.99. The van der Waals surface area contributed by atoms with E-state index < -0.39 is 11.7 Å². The van der Waals surface area contributed by atoms with Gasteiger partial charge in [0.1, 0.15) is 12.7 Å². The topological polar surface area (TPSA) is 30.5 Å². The van der Waals surface area contributed by atoms with Gasteiger partial charge in [-0.25, -0.2) is 0 Å². The molecule has 1 aromatic rings. The summed E-state index contributed by atoms with van der Waals surface area (Å²) in [5.74, 6) is 0.497. The maximum Gasteiger partial charge on any atom is 0.416 e. The molecule has 1 aliphatic heterocycles. The largest absolute Gasteiger partial charge is 0.486 e. The fourth-order valence-electron chi connectivity index (χ4n) is 1.62. The molecule has 0 amide bonds. The number of rotatable bonds is 2. The van der Waals surface area contributed by atoms with Gasteiger partial charge in [-0.15, -0.1) is 24.8 Å². The molecule has 2 rings (SSSR count). The van der Waals surface area contributed by atoms with Gasteiger partial charge in [0.25, 0.3) is 0 Å². The molecule has 0 fully saturated rings. The van der Waals surface area contributed by atoms with Gasteiger partial charge in [0, 0.05) is 6.54 Å². The Labute approximate surface area is 121 Å². The molecule has 0 bridgehead atoms. The zero-order chi connectivity index (χ0) is 12.5. The lowest BCUT2D eigenvalue weighted by atomic mass is 10.2. The molecule has 0 aliphatic carbocycles. The minimum atomic E-state index is -4.37. The van der Waals surface area contributed by atoms with Crippen molar-refractivity contribution in [3.63, 3.8) is 0 Å². The van der Waals surface area contributed by atoms with Crippen molar-refractivity contribution in [1.29, 1.82) is 0 Å². The summed E-state index contributed by atoms with van der Waals surface area (Å²) in [6, 6.07) is 3.24. The van der Waals surface area contributed by atoms with Gasteiger partial charge in [-0.1, -0.05) is 0 Å². The van der Waals surface area contributed by atoms with Crippen LogP contribution in [-0.2, 0) is 6.18 Å². The molecule has 110 valence electrons. The third-order valence-electron chi connectivity index (χ3n) is 2.42. The van der Waals surface area contributed by atoms with E-state index in [0.29, 0.717) is 18.9 Å². The lowest BCUT2D eigenvalue weighted by Crippen LogP contribution is -2.37. The van der Waals surface area contributed by atoms with Crippen molar-refractivity contribution in [1.82, 2.24) is 5.32 Å². The van der Waals surface area contributed by atoms with Crippen LogP contribution < -0.4 is 14.8 Å². The second-order valence-corrected chi connectivity index (χ2v) is 3.77. The smallest absolute Gasteiger partial charge is 0.416 e. The van der Waals surface area contributed by atoms with E-state index in [1.54, 1.807) is 7.05 Å². The number of ether oxygens (including phenoxy) is 2. The van der Waals surface area contributed by atoms with Crippen molar-refractivity contribution in [2.24, 2.45) is 0 Å². The molecule has 1 heterocycles. The fraction of sp³-hybridized carbons (Fsp3) is 0.455. The van der Waals surface area contributed by atoms with Crippen molar-refractivity contribution in [3.05, 3.63) is 23.8 Å². The Balaban J connectivity index is 0.00000162. The number of hydrogen-bond acceptors (Lipinski definition) is 3. The second kappa shape index (κ2) is 7.07. The van der Waals surface area contributed by atoms with Crippen LogP contribution in [0.4, 0.5) is 13.2 Å². The zero-order valence-corrected chi connectivity index (χ0v) is 11.6. The number of nitrogens with one attached hydrogen (secondary N) is 1. The lowest BCUT2D eigenvalue weighted by molar-refractivity contribution is -0.137. The van der Waals surface area contributed by atoms with Gasteiger partial charge in [0.2, 0.25) is 0 Å². The Morgan fingerprint density at radius 2 is 1.95 bits per heavy atom. The molecule has 0 aromatic heterocycles. The van der Waals surface area contributed by atoms with Crippen molar-refractivity contribution < 1.29 is 22.6 Å². The molecular formula is C11H14Cl2F3NO2. The monoisotopic (exact) mass is 319 g/mol. The molecule has 19 heavy (non-hydrogen) atoms. The Bertz CT molecular complexity index is 415. The van der Waals surface area contributed by atoms with Crippen LogP contribution in [0.2, 0.25) is 0 Å². The molecule has 1 unspecified atom stereocenters. The first kappa shape index (κ1) is 18.1. The average Bonchev–Trinajstić information content (AvgIpc) is 2.27.